The number of rotatable bonds is 6. The van der Waals surface area contributed by atoms with Gasteiger partial charge in [-0.15, -0.1) is 11.3 Å². The Bertz CT molecular complexity index is 922. The van der Waals surface area contributed by atoms with E-state index in [1.807, 2.05) is 54.8 Å². The Balaban J connectivity index is 1.40. The molecular formula is C19H17N3O3S. The maximum atomic E-state index is 5.46. The minimum absolute atomic E-state index is 0.265. The molecule has 1 aliphatic rings. The first-order valence-electron chi connectivity index (χ1n) is 8.19. The van der Waals surface area contributed by atoms with Crippen LogP contribution in [-0.4, -0.2) is 24.6 Å². The van der Waals surface area contributed by atoms with Crippen LogP contribution in [0.25, 0.3) is 11.3 Å². The Morgan fingerprint density at radius 3 is 2.88 bits per heavy atom. The number of hydrogen-bond donors (Lipinski definition) is 1. The topological polar surface area (TPSA) is 65.0 Å². The molecule has 0 aliphatic carbocycles. The van der Waals surface area contributed by atoms with Gasteiger partial charge in [-0.25, -0.2) is 4.98 Å². The standard InChI is InChI=1S/C19H17N3O3S/c1-2-23-15-6-4-14(5-7-15)16-11-26-19(21-16)22-20-10-13-3-8-17-18(9-13)25-12-24-17/h3-11H,2,12H2,1H3,(H,21,22). The first kappa shape index (κ1) is 16.4. The summed E-state index contributed by atoms with van der Waals surface area (Å²) < 4.78 is 16.1. The fraction of sp³-hybridized carbons (Fsp3) is 0.158. The van der Waals surface area contributed by atoms with Crippen LogP contribution in [0.2, 0.25) is 0 Å². The van der Waals surface area contributed by atoms with E-state index in [2.05, 4.69) is 15.5 Å². The van der Waals surface area contributed by atoms with E-state index in [9.17, 15) is 0 Å². The van der Waals surface area contributed by atoms with Gasteiger partial charge in [-0.1, -0.05) is 0 Å². The largest absolute Gasteiger partial charge is 0.494 e. The molecule has 2 heterocycles. The maximum Gasteiger partial charge on any atom is 0.231 e. The Labute approximate surface area is 155 Å². The highest BCUT2D eigenvalue weighted by atomic mass is 32.1. The molecule has 4 rings (SSSR count). The Hall–Kier alpha value is -3.06. The molecule has 0 bridgehead atoms. The van der Waals surface area contributed by atoms with Crippen molar-refractivity contribution in [1.29, 1.82) is 0 Å². The highest BCUT2D eigenvalue weighted by molar-refractivity contribution is 7.14. The molecule has 0 saturated carbocycles. The quantitative estimate of drug-likeness (QED) is 0.517. The van der Waals surface area contributed by atoms with Crippen molar-refractivity contribution in [1.82, 2.24) is 4.98 Å². The zero-order chi connectivity index (χ0) is 17.8. The van der Waals surface area contributed by atoms with Crippen LogP contribution in [0.4, 0.5) is 5.13 Å². The van der Waals surface area contributed by atoms with Gasteiger partial charge in [0.05, 0.1) is 18.5 Å². The van der Waals surface area contributed by atoms with E-state index in [1.165, 1.54) is 11.3 Å². The summed E-state index contributed by atoms with van der Waals surface area (Å²) in [5.74, 6) is 2.36. The van der Waals surface area contributed by atoms with Crippen LogP contribution in [0.1, 0.15) is 12.5 Å². The first-order valence-corrected chi connectivity index (χ1v) is 9.07. The van der Waals surface area contributed by atoms with Crippen LogP contribution in [-0.2, 0) is 0 Å². The maximum absolute atomic E-state index is 5.46. The van der Waals surface area contributed by atoms with E-state index in [1.54, 1.807) is 6.21 Å². The fourth-order valence-electron chi connectivity index (χ4n) is 2.50. The zero-order valence-corrected chi connectivity index (χ0v) is 15.0. The molecule has 0 saturated heterocycles. The SMILES string of the molecule is CCOc1ccc(-c2csc(NN=Cc3ccc4c(c3)OCO4)n2)cc1. The van der Waals surface area contributed by atoms with Crippen molar-refractivity contribution in [3.63, 3.8) is 0 Å². The predicted octanol–water partition coefficient (Wildman–Crippen LogP) is 4.38. The van der Waals surface area contributed by atoms with E-state index in [0.717, 1.165) is 39.2 Å². The van der Waals surface area contributed by atoms with Crippen LogP contribution < -0.4 is 19.6 Å². The van der Waals surface area contributed by atoms with Gasteiger partial charge in [-0.05, 0) is 55.0 Å². The normalized spacial score (nSPS) is 12.5. The molecular weight excluding hydrogens is 350 g/mol. The number of anilines is 1. The number of nitrogens with one attached hydrogen (secondary N) is 1. The third-order valence-electron chi connectivity index (χ3n) is 3.74. The second kappa shape index (κ2) is 7.45. The zero-order valence-electron chi connectivity index (χ0n) is 14.1. The van der Waals surface area contributed by atoms with Gasteiger partial charge in [0, 0.05) is 10.9 Å². The summed E-state index contributed by atoms with van der Waals surface area (Å²) in [7, 11) is 0. The fourth-order valence-corrected chi connectivity index (χ4v) is 3.17. The molecule has 1 N–H and O–H groups in total. The van der Waals surface area contributed by atoms with Crippen molar-refractivity contribution in [2.24, 2.45) is 5.10 Å². The van der Waals surface area contributed by atoms with Gasteiger partial charge in [0.2, 0.25) is 11.9 Å². The van der Waals surface area contributed by atoms with Crippen LogP contribution in [0.15, 0.2) is 52.9 Å². The summed E-state index contributed by atoms with van der Waals surface area (Å²) in [5, 5.41) is 6.96. The number of aromatic nitrogens is 1. The molecule has 1 aliphatic heterocycles. The minimum atomic E-state index is 0.265. The smallest absolute Gasteiger partial charge is 0.231 e. The highest BCUT2D eigenvalue weighted by Crippen LogP contribution is 2.32. The van der Waals surface area contributed by atoms with E-state index < -0.39 is 0 Å². The van der Waals surface area contributed by atoms with Crippen molar-refractivity contribution in [2.45, 2.75) is 6.92 Å². The summed E-state index contributed by atoms with van der Waals surface area (Å²) in [5.41, 5.74) is 5.83. The van der Waals surface area contributed by atoms with E-state index >= 15 is 0 Å². The summed E-state index contributed by atoms with van der Waals surface area (Å²) >= 11 is 1.50. The number of fused-ring (bicyclic) bond motifs is 1. The van der Waals surface area contributed by atoms with E-state index in [-0.39, 0.29) is 6.79 Å². The Morgan fingerprint density at radius 1 is 1.19 bits per heavy atom. The summed E-state index contributed by atoms with van der Waals surface area (Å²) in [6, 6.07) is 13.6. The van der Waals surface area contributed by atoms with Crippen molar-refractivity contribution >= 4 is 22.7 Å². The summed E-state index contributed by atoms with van der Waals surface area (Å²) in [6.45, 7) is 2.89. The second-order valence-electron chi connectivity index (χ2n) is 5.48. The third kappa shape index (κ3) is 3.62. The van der Waals surface area contributed by atoms with E-state index in [4.69, 9.17) is 14.2 Å². The van der Waals surface area contributed by atoms with Gasteiger partial charge in [0.15, 0.2) is 11.5 Å². The van der Waals surface area contributed by atoms with Crippen molar-refractivity contribution < 1.29 is 14.2 Å². The van der Waals surface area contributed by atoms with Gasteiger partial charge in [0.1, 0.15) is 5.75 Å². The molecule has 0 unspecified atom stereocenters. The van der Waals surface area contributed by atoms with Crippen LogP contribution in [0.3, 0.4) is 0 Å². The number of nitrogens with zero attached hydrogens (tertiary/aromatic N) is 2. The predicted molar refractivity (Wildman–Crippen MR) is 103 cm³/mol. The average Bonchev–Trinajstić information content (AvgIpc) is 3.32. The number of thiazole rings is 1. The van der Waals surface area contributed by atoms with Gasteiger partial charge < -0.3 is 14.2 Å². The lowest BCUT2D eigenvalue weighted by molar-refractivity contribution is 0.174. The first-order chi connectivity index (χ1) is 12.8. The van der Waals surface area contributed by atoms with Gasteiger partial charge in [0.25, 0.3) is 0 Å². The molecule has 0 atom stereocenters. The highest BCUT2D eigenvalue weighted by Gasteiger charge is 2.12. The lowest BCUT2D eigenvalue weighted by Gasteiger charge is -2.03. The molecule has 7 heteroatoms. The molecule has 2 aromatic carbocycles. The molecule has 3 aromatic rings. The Kier molecular flexibility index (Phi) is 4.70. The summed E-state index contributed by atoms with van der Waals surface area (Å²) in [6.07, 6.45) is 1.72. The second-order valence-corrected chi connectivity index (χ2v) is 6.34. The van der Waals surface area contributed by atoms with Crippen LogP contribution in [0.5, 0.6) is 17.2 Å². The molecule has 0 radical (unpaired) electrons. The van der Waals surface area contributed by atoms with Gasteiger partial charge >= 0.3 is 0 Å². The third-order valence-corrected chi connectivity index (χ3v) is 4.48. The Morgan fingerprint density at radius 2 is 2.04 bits per heavy atom. The lowest BCUT2D eigenvalue weighted by atomic mass is 10.2. The van der Waals surface area contributed by atoms with Crippen molar-refractivity contribution in [3.8, 4) is 28.5 Å². The number of ether oxygens (including phenoxy) is 3. The lowest BCUT2D eigenvalue weighted by Crippen LogP contribution is -1.93. The molecule has 132 valence electrons. The van der Waals surface area contributed by atoms with Gasteiger partial charge in [-0.2, -0.15) is 5.10 Å². The van der Waals surface area contributed by atoms with Crippen molar-refractivity contribution in [3.05, 3.63) is 53.4 Å². The minimum Gasteiger partial charge on any atom is -0.494 e. The van der Waals surface area contributed by atoms with Crippen LogP contribution >= 0.6 is 11.3 Å². The van der Waals surface area contributed by atoms with Crippen LogP contribution in [0, 0.1) is 0 Å². The number of hydrogen-bond acceptors (Lipinski definition) is 7. The molecule has 26 heavy (non-hydrogen) atoms. The summed E-state index contributed by atoms with van der Waals surface area (Å²) in [4.78, 5) is 4.55. The molecule has 6 nitrogen and oxygen atoms in total. The van der Waals surface area contributed by atoms with Gasteiger partial charge in [-0.3, -0.25) is 5.43 Å². The number of benzene rings is 2. The van der Waals surface area contributed by atoms with E-state index in [0.29, 0.717) is 6.61 Å². The molecule has 0 amide bonds. The molecule has 1 aromatic heterocycles. The average molecular weight is 367 g/mol. The molecule has 0 fully saturated rings. The number of hydrazone groups is 1. The van der Waals surface area contributed by atoms with Crippen molar-refractivity contribution in [2.75, 3.05) is 18.8 Å². The molecule has 0 spiro atoms. The monoisotopic (exact) mass is 367 g/mol.